The van der Waals surface area contributed by atoms with Crippen LogP contribution in [0.1, 0.15) is 28.8 Å². The van der Waals surface area contributed by atoms with Crippen molar-refractivity contribution < 1.29 is 19.5 Å². The first kappa shape index (κ1) is 22.2. The number of hydroxylamine groups is 2. The van der Waals surface area contributed by atoms with Gasteiger partial charge in [0, 0.05) is 63.3 Å². The van der Waals surface area contributed by atoms with Crippen LogP contribution in [0.15, 0.2) is 12.1 Å². The summed E-state index contributed by atoms with van der Waals surface area (Å²) in [5, 5.41) is 13.9. The third-order valence-corrected chi connectivity index (χ3v) is 6.02. The van der Waals surface area contributed by atoms with Gasteiger partial charge in [0.1, 0.15) is 0 Å². The first-order valence-electron chi connectivity index (χ1n) is 10.6. The fourth-order valence-electron chi connectivity index (χ4n) is 4.09. The lowest BCUT2D eigenvalue weighted by atomic mass is 10.0. The van der Waals surface area contributed by atoms with Gasteiger partial charge in [0.25, 0.3) is 5.91 Å². The molecule has 1 aromatic carbocycles. The number of nitrogens with one attached hydrogen (secondary N) is 1. The Kier molecular flexibility index (Phi) is 7.38. The molecule has 9 nitrogen and oxygen atoms in total. The maximum atomic E-state index is 12.8. The van der Waals surface area contributed by atoms with E-state index in [4.69, 9.17) is 4.84 Å². The first-order chi connectivity index (χ1) is 14.4. The van der Waals surface area contributed by atoms with Gasteiger partial charge >= 0.3 is 6.09 Å². The highest BCUT2D eigenvalue weighted by molar-refractivity contribution is 5.96. The number of benzene rings is 1. The molecule has 2 aliphatic rings. The standard InChI is InChI=1S/C21H33N5O4/c1-16-18(22-6-9-24-7-4-5-8-24)14-17(20(27)23(2)30-3)15-19(16)25-10-12-26(13-11-25)21(28)29/h14-15,22H,4-13H2,1-3H3,(H,28,29). The molecule has 166 valence electrons. The Morgan fingerprint density at radius 3 is 2.40 bits per heavy atom. The van der Waals surface area contributed by atoms with E-state index in [1.54, 1.807) is 7.05 Å². The van der Waals surface area contributed by atoms with Crippen molar-refractivity contribution in [3.8, 4) is 0 Å². The molecule has 0 aliphatic carbocycles. The fraction of sp³-hybridized carbons (Fsp3) is 0.619. The van der Waals surface area contributed by atoms with Crippen LogP contribution in [0.4, 0.5) is 16.2 Å². The van der Waals surface area contributed by atoms with Gasteiger partial charge in [-0.1, -0.05) is 0 Å². The maximum absolute atomic E-state index is 12.8. The van der Waals surface area contributed by atoms with Gasteiger partial charge in [-0.3, -0.25) is 9.63 Å². The van der Waals surface area contributed by atoms with Crippen LogP contribution in [0.2, 0.25) is 0 Å². The smallest absolute Gasteiger partial charge is 0.407 e. The predicted octanol–water partition coefficient (Wildman–Crippen LogP) is 1.94. The maximum Gasteiger partial charge on any atom is 0.407 e. The number of piperazine rings is 1. The third-order valence-electron chi connectivity index (χ3n) is 6.02. The van der Waals surface area contributed by atoms with Gasteiger partial charge in [-0.15, -0.1) is 0 Å². The molecule has 2 saturated heterocycles. The molecule has 0 bridgehead atoms. The molecule has 0 unspecified atom stereocenters. The summed E-state index contributed by atoms with van der Waals surface area (Å²) in [7, 11) is 3.06. The quantitative estimate of drug-likeness (QED) is 0.653. The van der Waals surface area contributed by atoms with E-state index < -0.39 is 6.09 Å². The third kappa shape index (κ3) is 5.14. The van der Waals surface area contributed by atoms with Crippen LogP contribution in [0, 0.1) is 6.92 Å². The second-order valence-electron chi connectivity index (χ2n) is 7.89. The molecule has 0 radical (unpaired) electrons. The average Bonchev–Trinajstić information content (AvgIpc) is 3.27. The minimum Gasteiger partial charge on any atom is -0.465 e. The van der Waals surface area contributed by atoms with Crippen molar-refractivity contribution in [1.29, 1.82) is 0 Å². The molecule has 2 fully saturated rings. The molecule has 3 rings (SSSR count). The number of carbonyl (C=O) groups is 2. The number of carboxylic acid groups (broad SMARTS) is 1. The lowest BCUT2D eigenvalue weighted by Gasteiger charge is -2.36. The van der Waals surface area contributed by atoms with Gasteiger partial charge in [-0.05, 0) is 50.6 Å². The number of anilines is 2. The van der Waals surface area contributed by atoms with Crippen molar-refractivity contribution in [3.05, 3.63) is 23.3 Å². The van der Waals surface area contributed by atoms with E-state index in [0.29, 0.717) is 31.7 Å². The zero-order chi connectivity index (χ0) is 21.7. The predicted molar refractivity (Wildman–Crippen MR) is 116 cm³/mol. The van der Waals surface area contributed by atoms with Crippen molar-refractivity contribution in [3.63, 3.8) is 0 Å². The highest BCUT2D eigenvalue weighted by Gasteiger charge is 2.24. The van der Waals surface area contributed by atoms with Gasteiger partial charge in [-0.2, -0.15) is 0 Å². The Labute approximate surface area is 178 Å². The van der Waals surface area contributed by atoms with Crippen molar-refractivity contribution in [2.45, 2.75) is 19.8 Å². The Bertz CT molecular complexity index is 758. The summed E-state index contributed by atoms with van der Waals surface area (Å²) in [5.74, 6) is -0.217. The Morgan fingerprint density at radius 2 is 1.80 bits per heavy atom. The second kappa shape index (κ2) is 9.99. The minimum atomic E-state index is -0.888. The van der Waals surface area contributed by atoms with Crippen molar-refractivity contribution in [1.82, 2.24) is 14.9 Å². The van der Waals surface area contributed by atoms with Crippen LogP contribution in [0.25, 0.3) is 0 Å². The lowest BCUT2D eigenvalue weighted by Crippen LogP contribution is -2.48. The summed E-state index contributed by atoms with van der Waals surface area (Å²) in [6.45, 7) is 8.22. The van der Waals surface area contributed by atoms with Crippen molar-refractivity contribution >= 4 is 23.4 Å². The molecular weight excluding hydrogens is 386 g/mol. The van der Waals surface area contributed by atoms with Gasteiger partial charge in [0.2, 0.25) is 0 Å². The number of hydrogen-bond donors (Lipinski definition) is 2. The number of carbonyl (C=O) groups excluding carboxylic acids is 1. The van der Waals surface area contributed by atoms with E-state index in [1.807, 2.05) is 19.1 Å². The molecule has 2 aliphatic heterocycles. The number of rotatable bonds is 7. The summed E-state index contributed by atoms with van der Waals surface area (Å²) >= 11 is 0. The fourth-order valence-corrected chi connectivity index (χ4v) is 4.09. The number of amides is 2. The zero-order valence-corrected chi connectivity index (χ0v) is 18.2. The lowest BCUT2D eigenvalue weighted by molar-refractivity contribution is -0.0756. The minimum absolute atomic E-state index is 0.217. The van der Waals surface area contributed by atoms with E-state index >= 15 is 0 Å². The monoisotopic (exact) mass is 419 g/mol. The molecule has 0 atom stereocenters. The molecular formula is C21H33N5O4. The van der Waals surface area contributed by atoms with Gasteiger partial charge in [0.15, 0.2) is 0 Å². The molecule has 0 spiro atoms. The Balaban J connectivity index is 1.80. The van der Waals surface area contributed by atoms with E-state index in [-0.39, 0.29) is 5.91 Å². The van der Waals surface area contributed by atoms with Crippen molar-refractivity contribution in [2.75, 3.05) is 76.7 Å². The Morgan fingerprint density at radius 1 is 1.13 bits per heavy atom. The summed E-state index contributed by atoms with van der Waals surface area (Å²) < 4.78 is 0. The molecule has 9 heteroatoms. The highest BCUT2D eigenvalue weighted by Crippen LogP contribution is 2.30. The van der Waals surface area contributed by atoms with E-state index in [1.165, 1.54) is 29.9 Å². The molecule has 2 amide bonds. The van der Waals surface area contributed by atoms with Crippen LogP contribution in [-0.2, 0) is 4.84 Å². The summed E-state index contributed by atoms with van der Waals surface area (Å²) in [4.78, 5) is 35.1. The normalized spacial score (nSPS) is 17.3. The van der Waals surface area contributed by atoms with Crippen molar-refractivity contribution in [2.24, 2.45) is 0 Å². The summed E-state index contributed by atoms with van der Waals surface area (Å²) in [6.07, 6.45) is 1.64. The van der Waals surface area contributed by atoms with Gasteiger partial charge < -0.3 is 25.1 Å². The van der Waals surface area contributed by atoms with E-state index in [0.717, 1.165) is 43.1 Å². The van der Waals surface area contributed by atoms with Crippen LogP contribution >= 0.6 is 0 Å². The molecule has 2 N–H and O–H groups in total. The van der Waals surface area contributed by atoms with Crippen LogP contribution < -0.4 is 10.2 Å². The van der Waals surface area contributed by atoms with Crippen LogP contribution in [-0.4, -0.2) is 98.5 Å². The number of likely N-dealkylation sites (tertiary alicyclic amines) is 1. The SMILES string of the molecule is CON(C)C(=O)c1cc(NCCN2CCCC2)c(C)c(N2CCN(C(=O)O)CC2)c1. The molecule has 0 aromatic heterocycles. The zero-order valence-electron chi connectivity index (χ0n) is 18.2. The topological polar surface area (TPSA) is 88.6 Å². The first-order valence-corrected chi connectivity index (χ1v) is 10.6. The van der Waals surface area contributed by atoms with Crippen LogP contribution in [0.5, 0.6) is 0 Å². The molecule has 2 heterocycles. The summed E-state index contributed by atoms with van der Waals surface area (Å²) in [5.41, 5.74) is 3.50. The second-order valence-corrected chi connectivity index (χ2v) is 7.89. The largest absolute Gasteiger partial charge is 0.465 e. The Hall–Kier alpha value is -2.52. The van der Waals surface area contributed by atoms with Gasteiger partial charge in [0.05, 0.1) is 7.11 Å². The highest BCUT2D eigenvalue weighted by atomic mass is 16.7. The summed E-state index contributed by atoms with van der Waals surface area (Å²) in [6, 6.07) is 3.77. The number of hydrogen-bond acceptors (Lipinski definition) is 6. The molecule has 30 heavy (non-hydrogen) atoms. The van der Waals surface area contributed by atoms with Crippen LogP contribution in [0.3, 0.4) is 0 Å². The average molecular weight is 420 g/mol. The molecule has 1 aromatic rings. The molecule has 0 saturated carbocycles. The van der Waals surface area contributed by atoms with E-state index in [9.17, 15) is 14.7 Å². The number of nitrogens with zero attached hydrogens (tertiary/aromatic N) is 4. The van der Waals surface area contributed by atoms with Gasteiger partial charge in [-0.25, -0.2) is 9.86 Å². The van der Waals surface area contributed by atoms with E-state index in [2.05, 4.69) is 15.1 Å².